The van der Waals surface area contributed by atoms with Crippen LogP contribution in [0.4, 0.5) is 16.2 Å². The average Bonchev–Trinajstić information content (AvgIpc) is 2.67. The van der Waals surface area contributed by atoms with E-state index in [1.54, 1.807) is 24.3 Å². The van der Waals surface area contributed by atoms with E-state index >= 15 is 0 Å². The first-order chi connectivity index (χ1) is 13.0. The molecule has 3 rings (SSSR count). The van der Waals surface area contributed by atoms with Crippen LogP contribution in [-0.2, 0) is 6.54 Å². The zero-order valence-corrected chi connectivity index (χ0v) is 16.0. The predicted octanol–water partition coefficient (Wildman–Crippen LogP) is 4.45. The van der Waals surface area contributed by atoms with Crippen molar-refractivity contribution in [1.29, 1.82) is 0 Å². The minimum absolute atomic E-state index is 0.0257. The van der Waals surface area contributed by atoms with Gasteiger partial charge in [0, 0.05) is 36.6 Å². The van der Waals surface area contributed by atoms with E-state index in [0.29, 0.717) is 17.8 Å². The van der Waals surface area contributed by atoms with Crippen LogP contribution >= 0.6 is 0 Å². The molecule has 5 heteroatoms. The molecule has 0 radical (unpaired) electrons. The van der Waals surface area contributed by atoms with Crippen LogP contribution in [0.25, 0.3) is 0 Å². The molecule has 27 heavy (non-hydrogen) atoms. The Hall–Kier alpha value is -2.82. The number of nitrogens with one attached hydrogen (secondary N) is 2. The number of hydrogen-bond acceptors (Lipinski definition) is 3. The zero-order valence-electron chi connectivity index (χ0n) is 16.0. The van der Waals surface area contributed by atoms with Crippen LogP contribution in [0.2, 0.25) is 0 Å². The summed E-state index contributed by atoms with van der Waals surface area (Å²) in [5.41, 5.74) is 3.48. The van der Waals surface area contributed by atoms with Crippen molar-refractivity contribution >= 4 is 23.2 Å². The van der Waals surface area contributed by atoms with Crippen molar-refractivity contribution in [2.24, 2.45) is 5.92 Å². The van der Waals surface area contributed by atoms with Gasteiger partial charge in [0.15, 0.2) is 5.78 Å². The van der Waals surface area contributed by atoms with Gasteiger partial charge in [-0.15, -0.1) is 0 Å². The van der Waals surface area contributed by atoms with Crippen LogP contribution in [0.3, 0.4) is 0 Å². The van der Waals surface area contributed by atoms with Gasteiger partial charge in [0.1, 0.15) is 0 Å². The van der Waals surface area contributed by atoms with E-state index in [9.17, 15) is 9.59 Å². The lowest BCUT2D eigenvalue weighted by Crippen LogP contribution is -2.34. The van der Waals surface area contributed by atoms with E-state index in [4.69, 9.17) is 0 Å². The molecule has 2 amide bonds. The molecular weight excluding hydrogens is 338 g/mol. The van der Waals surface area contributed by atoms with E-state index in [1.807, 2.05) is 0 Å². The van der Waals surface area contributed by atoms with Crippen molar-refractivity contribution in [2.45, 2.75) is 33.2 Å². The van der Waals surface area contributed by atoms with E-state index in [0.717, 1.165) is 24.6 Å². The third kappa shape index (κ3) is 5.33. The van der Waals surface area contributed by atoms with E-state index in [-0.39, 0.29) is 11.8 Å². The lowest BCUT2D eigenvalue weighted by atomic mass is 9.99. The lowest BCUT2D eigenvalue weighted by molar-refractivity contribution is 0.101. The number of amides is 2. The van der Waals surface area contributed by atoms with Crippen LogP contribution in [0.1, 0.15) is 42.6 Å². The molecule has 1 aliphatic heterocycles. The number of carbonyl (C=O) groups is 2. The fourth-order valence-electron chi connectivity index (χ4n) is 3.42. The molecule has 1 atom stereocenters. The Bertz CT molecular complexity index is 801. The molecule has 142 valence electrons. The molecule has 0 saturated carbocycles. The van der Waals surface area contributed by atoms with Crippen molar-refractivity contribution in [3.05, 3.63) is 59.7 Å². The molecule has 0 aromatic heterocycles. The SMILES string of the molecule is CC(=O)c1cccc(NC(=O)NCc2ccc(N3CCCC(C)C3)cc2)c1. The van der Waals surface area contributed by atoms with Gasteiger partial charge in [-0.1, -0.05) is 31.2 Å². The molecule has 5 nitrogen and oxygen atoms in total. The number of hydrogen-bond donors (Lipinski definition) is 2. The number of benzene rings is 2. The molecule has 2 N–H and O–H groups in total. The molecule has 1 aliphatic rings. The highest BCUT2D eigenvalue weighted by Crippen LogP contribution is 2.23. The van der Waals surface area contributed by atoms with Gasteiger partial charge in [0.2, 0.25) is 0 Å². The third-order valence-electron chi connectivity index (χ3n) is 4.94. The molecule has 0 aliphatic carbocycles. The topological polar surface area (TPSA) is 61.4 Å². The first kappa shape index (κ1) is 19.0. The molecule has 1 fully saturated rings. The number of urea groups is 1. The Morgan fingerprint density at radius 3 is 2.63 bits per heavy atom. The number of carbonyl (C=O) groups excluding carboxylic acids is 2. The molecule has 0 bridgehead atoms. The van der Waals surface area contributed by atoms with Crippen molar-refractivity contribution < 1.29 is 9.59 Å². The highest BCUT2D eigenvalue weighted by Gasteiger charge is 2.16. The van der Waals surface area contributed by atoms with E-state index < -0.39 is 0 Å². The first-order valence-electron chi connectivity index (χ1n) is 9.51. The number of Topliss-reactive ketones (excluding diaryl/α,β-unsaturated/α-hetero) is 1. The molecule has 1 saturated heterocycles. The van der Waals surface area contributed by atoms with Crippen LogP contribution in [0, 0.1) is 5.92 Å². The summed E-state index contributed by atoms with van der Waals surface area (Å²) >= 11 is 0. The van der Waals surface area contributed by atoms with Gasteiger partial charge in [-0.05, 0) is 55.5 Å². The van der Waals surface area contributed by atoms with Gasteiger partial charge in [-0.3, -0.25) is 4.79 Å². The van der Waals surface area contributed by atoms with Gasteiger partial charge < -0.3 is 15.5 Å². The van der Waals surface area contributed by atoms with Crippen LogP contribution in [-0.4, -0.2) is 24.9 Å². The van der Waals surface area contributed by atoms with Crippen molar-refractivity contribution in [3.8, 4) is 0 Å². The Kier molecular flexibility index (Phi) is 6.12. The fourth-order valence-corrected chi connectivity index (χ4v) is 3.42. The predicted molar refractivity (Wildman–Crippen MR) is 109 cm³/mol. The molecule has 2 aromatic carbocycles. The van der Waals surface area contributed by atoms with Crippen molar-refractivity contribution in [1.82, 2.24) is 5.32 Å². The molecule has 2 aromatic rings. The Balaban J connectivity index is 1.51. The van der Waals surface area contributed by atoms with Crippen LogP contribution < -0.4 is 15.5 Å². The maximum absolute atomic E-state index is 12.1. The van der Waals surface area contributed by atoms with Gasteiger partial charge in [0.05, 0.1) is 0 Å². The van der Waals surface area contributed by atoms with Gasteiger partial charge >= 0.3 is 6.03 Å². The third-order valence-corrected chi connectivity index (χ3v) is 4.94. The molecule has 1 heterocycles. The summed E-state index contributed by atoms with van der Waals surface area (Å²) in [7, 11) is 0. The first-order valence-corrected chi connectivity index (χ1v) is 9.51. The second-order valence-corrected chi connectivity index (χ2v) is 7.30. The normalized spacial score (nSPS) is 16.7. The second-order valence-electron chi connectivity index (χ2n) is 7.30. The number of ketones is 1. The Morgan fingerprint density at radius 1 is 1.15 bits per heavy atom. The number of nitrogens with zero attached hydrogens (tertiary/aromatic N) is 1. The second kappa shape index (κ2) is 8.71. The minimum atomic E-state index is -0.287. The molecular formula is C22H27N3O2. The summed E-state index contributed by atoms with van der Waals surface area (Å²) in [6, 6.07) is 15.0. The summed E-state index contributed by atoms with van der Waals surface area (Å²) in [5.74, 6) is 0.715. The van der Waals surface area contributed by atoms with Gasteiger partial charge in [-0.25, -0.2) is 4.79 Å². The summed E-state index contributed by atoms with van der Waals surface area (Å²) in [6.45, 7) is 6.49. The summed E-state index contributed by atoms with van der Waals surface area (Å²) in [6.07, 6.45) is 2.55. The molecule has 0 spiro atoms. The van der Waals surface area contributed by atoms with Crippen LogP contribution in [0.15, 0.2) is 48.5 Å². The fraction of sp³-hybridized carbons (Fsp3) is 0.364. The summed E-state index contributed by atoms with van der Waals surface area (Å²) in [5, 5.41) is 5.62. The standard InChI is InChI=1S/C22H27N3O2/c1-16-5-4-12-25(15-16)21-10-8-18(9-11-21)14-23-22(27)24-20-7-3-6-19(13-20)17(2)26/h3,6-11,13,16H,4-5,12,14-15H2,1-2H3,(H2,23,24,27). The average molecular weight is 365 g/mol. The quantitative estimate of drug-likeness (QED) is 0.770. The van der Waals surface area contributed by atoms with Gasteiger partial charge in [0.25, 0.3) is 0 Å². The smallest absolute Gasteiger partial charge is 0.319 e. The maximum Gasteiger partial charge on any atom is 0.319 e. The monoisotopic (exact) mass is 365 g/mol. The summed E-state index contributed by atoms with van der Waals surface area (Å²) < 4.78 is 0. The van der Waals surface area contributed by atoms with Crippen molar-refractivity contribution in [3.63, 3.8) is 0 Å². The maximum atomic E-state index is 12.1. The summed E-state index contributed by atoms with van der Waals surface area (Å²) in [4.78, 5) is 26.0. The largest absolute Gasteiger partial charge is 0.371 e. The highest BCUT2D eigenvalue weighted by molar-refractivity contribution is 5.96. The Morgan fingerprint density at radius 2 is 1.93 bits per heavy atom. The number of rotatable bonds is 5. The minimum Gasteiger partial charge on any atom is -0.371 e. The zero-order chi connectivity index (χ0) is 19.2. The van der Waals surface area contributed by atoms with Crippen molar-refractivity contribution in [2.75, 3.05) is 23.3 Å². The number of piperidine rings is 1. The Labute approximate surface area is 160 Å². The van der Waals surface area contributed by atoms with Gasteiger partial charge in [-0.2, -0.15) is 0 Å². The highest BCUT2D eigenvalue weighted by atomic mass is 16.2. The van der Waals surface area contributed by atoms with E-state index in [1.165, 1.54) is 25.5 Å². The number of anilines is 2. The van der Waals surface area contributed by atoms with Crippen LogP contribution in [0.5, 0.6) is 0 Å². The van der Waals surface area contributed by atoms with E-state index in [2.05, 4.69) is 46.7 Å². The lowest BCUT2D eigenvalue weighted by Gasteiger charge is -2.32. The molecule has 1 unspecified atom stereocenters.